The lowest BCUT2D eigenvalue weighted by molar-refractivity contribution is -0.163. The van der Waals surface area contributed by atoms with Crippen LogP contribution >= 0.6 is 0 Å². The van der Waals surface area contributed by atoms with E-state index >= 15 is 0 Å². The number of carboxylic acid groups (broad SMARTS) is 1. The summed E-state index contributed by atoms with van der Waals surface area (Å²) in [6.45, 7) is 0. The maximum atomic E-state index is 13.0. The molecule has 100 valence electrons. The monoisotopic (exact) mass is 268 g/mol. The van der Waals surface area contributed by atoms with Crippen LogP contribution in [0.25, 0.3) is 10.8 Å². The van der Waals surface area contributed by atoms with Crippen molar-refractivity contribution < 1.29 is 23.1 Å². The Morgan fingerprint density at radius 2 is 1.74 bits per heavy atom. The van der Waals surface area contributed by atoms with Gasteiger partial charge in [-0.25, -0.2) is 0 Å². The Kier molecular flexibility index (Phi) is 3.46. The molecule has 0 radical (unpaired) electrons. The van der Waals surface area contributed by atoms with Gasteiger partial charge in [0.1, 0.15) is 0 Å². The molecule has 0 spiro atoms. The summed E-state index contributed by atoms with van der Waals surface area (Å²) in [6.07, 6.45) is -5.54. The number of fused-ring (bicyclic) bond motifs is 1. The second kappa shape index (κ2) is 4.91. The van der Waals surface area contributed by atoms with Crippen molar-refractivity contribution in [3.05, 3.63) is 48.0 Å². The fourth-order valence-electron chi connectivity index (χ4n) is 2.13. The Balaban J connectivity index is 2.59. The van der Waals surface area contributed by atoms with Crippen molar-refractivity contribution in [1.82, 2.24) is 0 Å². The number of hydrogen-bond donors (Lipinski definition) is 1. The summed E-state index contributed by atoms with van der Waals surface area (Å²) in [7, 11) is 0. The normalized spacial score (nSPS) is 13.4. The molecule has 1 unspecified atom stereocenters. The highest BCUT2D eigenvalue weighted by atomic mass is 19.4. The van der Waals surface area contributed by atoms with E-state index in [9.17, 15) is 18.0 Å². The van der Waals surface area contributed by atoms with Crippen molar-refractivity contribution in [1.29, 1.82) is 0 Å². The Morgan fingerprint density at radius 1 is 1.11 bits per heavy atom. The highest BCUT2D eigenvalue weighted by molar-refractivity contribution is 5.86. The molecular weight excluding hydrogens is 257 g/mol. The van der Waals surface area contributed by atoms with Crippen molar-refractivity contribution in [2.75, 3.05) is 0 Å². The summed E-state index contributed by atoms with van der Waals surface area (Å²) >= 11 is 0. The molecule has 2 aromatic rings. The Labute approximate surface area is 107 Å². The largest absolute Gasteiger partial charge is 0.481 e. The van der Waals surface area contributed by atoms with Crippen molar-refractivity contribution in [3.63, 3.8) is 0 Å². The van der Waals surface area contributed by atoms with Crippen LogP contribution in [0.4, 0.5) is 13.2 Å². The van der Waals surface area contributed by atoms with Crippen LogP contribution in [-0.4, -0.2) is 17.3 Å². The molecule has 2 rings (SSSR count). The first-order valence-electron chi connectivity index (χ1n) is 5.66. The number of aliphatic carboxylic acids is 1. The molecule has 0 aromatic heterocycles. The first kappa shape index (κ1) is 13.4. The standard InChI is InChI=1S/C14H11F3O2/c15-14(16,17)12(8-13(18)19)11-7-3-5-9-4-1-2-6-10(9)11/h1-7,12H,8H2,(H,18,19). The molecule has 0 bridgehead atoms. The van der Waals surface area contributed by atoms with Crippen molar-refractivity contribution >= 4 is 16.7 Å². The van der Waals surface area contributed by atoms with Gasteiger partial charge in [-0.05, 0) is 16.3 Å². The van der Waals surface area contributed by atoms with E-state index in [0.29, 0.717) is 10.8 Å². The molecule has 0 aliphatic rings. The predicted molar refractivity (Wildman–Crippen MR) is 65.0 cm³/mol. The van der Waals surface area contributed by atoms with Gasteiger partial charge in [0, 0.05) is 0 Å². The first-order chi connectivity index (χ1) is 8.89. The maximum Gasteiger partial charge on any atom is 0.396 e. The van der Waals surface area contributed by atoms with Crippen LogP contribution in [0.3, 0.4) is 0 Å². The molecule has 19 heavy (non-hydrogen) atoms. The van der Waals surface area contributed by atoms with E-state index in [1.54, 1.807) is 30.3 Å². The molecule has 1 atom stereocenters. The van der Waals surface area contributed by atoms with Crippen LogP contribution in [-0.2, 0) is 4.79 Å². The van der Waals surface area contributed by atoms with Gasteiger partial charge in [-0.3, -0.25) is 4.79 Å². The van der Waals surface area contributed by atoms with E-state index in [1.165, 1.54) is 12.1 Å². The number of hydrogen-bond acceptors (Lipinski definition) is 1. The summed E-state index contributed by atoms with van der Waals surface area (Å²) in [6, 6.07) is 11.2. The zero-order valence-corrected chi connectivity index (χ0v) is 9.82. The average Bonchev–Trinajstić information content (AvgIpc) is 2.34. The summed E-state index contributed by atoms with van der Waals surface area (Å²) in [5, 5.41) is 9.79. The number of halogens is 3. The second-order valence-corrected chi connectivity index (χ2v) is 4.26. The van der Waals surface area contributed by atoms with Crippen molar-refractivity contribution in [2.45, 2.75) is 18.5 Å². The lowest BCUT2D eigenvalue weighted by atomic mass is 9.90. The average molecular weight is 268 g/mol. The summed E-state index contributed by atoms with van der Waals surface area (Å²) < 4.78 is 39.1. The van der Waals surface area contributed by atoms with Gasteiger partial charge in [-0.15, -0.1) is 0 Å². The Hall–Kier alpha value is -2.04. The van der Waals surface area contributed by atoms with E-state index in [-0.39, 0.29) is 5.56 Å². The molecule has 2 aromatic carbocycles. The van der Waals surface area contributed by atoms with Gasteiger partial charge in [-0.2, -0.15) is 13.2 Å². The fraction of sp³-hybridized carbons (Fsp3) is 0.214. The highest BCUT2D eigenvalue weighted by Crippen LogP contribution is 2.40. The minimum absolute atomic E-state index is 0.00741. The van der Waals surface area contributed by atoms with E-state index in [1.807, 2.05) is 0 Å². The van der Waals surface area contributed by atoms with Crippen LogP contribution in [0.15, 0.2) is 42.5 Å². The van der Waals surface area contributed by atoms with Gasteiger partial charge in [0.2, 0.25) is 0 Å². The van der Waals surface area contributed by atoms with Crippen molar-refractivity contribution in [3.8, 4) is 0 Å². The molecular formula is C14H11F3O2. The molecule has 5 heteroatoms. The van der Waals surface area contributed by atoms with Gasteiger partial charge in [0.15, 0.2) is 0 Å². The van der Waals surface area contributed by atoms with Crippen LogP contribution in [0.2, 0.25) is 0 Å². The van der Waals surface area contributed by atoms with E-state index < -0.39 is 24.5 Å². The topological polar surface area (TPSA) is 37.3 Å². The molecule has 2 nitrogen and oxygen atoms in total. The van der Waals surface area contributed by atoms with Gasteiger partial charge in [0.05, 0.1) is 12.3 Å². The zero-order chi connectivity index (χ0) is 14.0. The quantitative estimate of drug-likeness (QED) is 0.914. The molecule has 1 N–H and O–H groups in total. The molecule has 0 saturated carbocycles. The number of carbonyl (C=O) groups is 1. The van der Waals surface area contributed by atoms with Gasteiger partial charge >= 0.3 is 12.1 Å². The molecule has 0 amide bonds. The fourth-order valence-corrected chi connectivity index (χ4v) is 2.13. The number of rotatable bonds is 3. The highest BCUT2D eigenvalue weighted by Gasteiger charge is 2.42. The molecule has 0 aliphatic heterocycles. The number of alkyl halides is 3. The second-order valence-electron chi connectivity index (χ2n) is 4.26. The molecule has 0 fully saturated rings. The van der Waals surface area contributed by atoms with Crippen LogP contribution in [0.1, 0.15) is 17.9 Å². The minimum atomic E-state index is -4.58. The minimum Gasteiger partial charge on any atom is -0.481 e. The molecule has 0 saturated heterocycles. The first-order valence-corrected chi connectivity index (χ1v) is 5.66. The summed E-state index contributed by atoms with van der Waals surface area (Å²) in [5.41, 5.74) is 0.00741. The van der Waals surface area contributed by atoms with Crippen LogP contribution in [0.5, 0.6) is 0 Å². The third-order valence-corrected chi connectivity index (χ3v) is 2.97. The lowest BCUT2D eigenvalue weighted by Crippen LogP contribution is -2.23. The summed E-state index contributed by atoms with van der Waals surface area (Å²) in [4.78, 5) is 10.7. The SMILES string of the molecule is O=C(O)CC(c1cccc2ccccc12)C(F)(F)F. The molecule has 0 heterocycles. The lowest BCUT2D eigenvalue weighted by Gasteiger charge is -2.20. The van der Waals surface area contributed by atoms with Crippen LogP contribution in [0, 0.1) is 0 Å². The Morgan fingerprint density at radius 3 is 2.37 bits per heavy atom. The van der Waals surface area contributed by atoms with Crippen LogP contribution < -0.4 is 0 Å². The predicted octanol–water partition coefficient (Wildman–Crippen LogP) is 3.96. The Bertz CT molecular complexity index is 600. The van der Waals surface area contributed by atoms with E-state index in [0.717, 1.165) is 0 Å². The molecule has 0 aliphatic carbocycles. The zero-order valence-electron chi connectivity index (χ0n) is 9.82. The van der Waals surface area contributed by atoms with Gasteiger partial charge < -0.3 is 5.11 Å². The summed E-state index contributed by atoms with van der Waals surface area (Å²) in [5.74, 6) is -3.45. The number of carboxylic acids is 1. The van der Waals surface area contributed by atoms with Crippen molar-refractivity contribution in [2.24, 2.45) is 0 Å². The van der Waals surface area contributed by atoms with E-state index in [4.69, 9.17) is 5.11 Å². The van der Waals surface area contributed by atoms with Gasteiger partial charge in [0.25, 0.3) is 0 Å². The third kappa shape index (κ3) is 2.86. The smallest absolute Gasteiger partial charge is 0.396 e. The van der Waals surface area contributed by atoms with E-state index in [2.05, 4.69) is 0 Å². The maximum absolute atomic E-state index is 13.0. The number of benzene rings is 2. The van der Waals surface area contributed by atoms with Gasteiger partial charge in [-0.1, -0.05) is 42.5 Å². The third-order valence-electron chi connectivity index (χ3n) is 2.97.